The molecule has 0 aliphatic heterocycles. The van der Waals surface area contributed by atoms with Crippen LogP contribution in [-0.2, 0) is 0 Å². The molecule has 0 bridgehead atoms. The molecule has 1 heterocycles. The topological polar surface area (TPSA) is 56.7 Å². The average Bonchev–Trinajstić information content (AvgIpc) is 2.88. The first-order valence-corrected chi connectivity index (χ1v) is 6.54. The molecular weight excluding hydrogens is 243 g/mol. The lowest BCUT2D eigenvalue weighted by Crippen LogP contribution is -2.05. The highest BCUT2D eigenvalue weighted by Gasteiger charge is 2.21. The second-order valence-corrected chi connectivity index (χ2v) is 4.85. The van der Waals surface area contributed by atoms with Gasteiger partial charge in [0.2, 0.25) is 0 Å². The van der Waals surface area contributed by atoms with E-state index in [0.717, 1.165) is 18.5 Å². The van der Waals surface area contributed by atoms with Gasteiger partial charge in [0.05, 0.1) is 11.9 Å². The maximum absolute atomic E-state index is 14.2. The standard InChI is InChI=1S/C14H19FN4/c1-3-4-10(2)14(15)13-9-19(18-17-13)12-7-5-11(16)6-8-12/h5-10,14H,3-4,16H2,1-2H3. The molecule has 0 aliphatic carbocycles. The highest BCUT2D eigenvalue weighted by atomic mass is 19.1. The molecule has 0 spiro atoms. The first-order chi connectivity index (χ1) is 9.11. The van der Waals surface area contributed by atoms with Crippen molar-refractivity contribution in [2.75, 3.05) is 5.73 Å². The lowest BCUT2D eigenvalue weighted by atomic mass is 9.99. The van der Waals surface area contributed by atoms with Crippen LogP contribution in [0.5, 0.6) is 0 Å². The molecular formula is C14H19FN4. The van der Waals surface area contributed by atoms with E-state index >= 15 is 0 Å². The fourth-order valence-electron chi connectivity index (χ4n) is 2.05. The lowest BCUT2D eigenvalue weighted by Gasteiger charge is -2.12. The van der Waals surface area contributed by atoms with Crippen molar-refractivity contribution in [2.24, 2.45) is 5.92 Å². The van der Waals surface area contributed by atoms with Crippen LogP contribution >= 0.6 is 0 Å². The summed E-state index contributed by atoms with van der Waals surface area (Å²) in [4.78, 5) is 0. The maximum Gasteiger partial charge on any atom is 0.148 e. The lowest BCUT2D eigenvalue weighted by molar-refractivity contribution is 0.229. The van der Waals surface area contributed by atoms with E-state index in [0.29, 0.717) is 11.4 Å². The fraction of sp³-hybridized carbons (Fsp3) is 0.429. The first kappa shape index (κ1) is 13.5. The Morgan fingerprint density at radius 1 is 1.32 bits per heavy atom. The number of nitrogens with zero attached hydrogens (tertiary/aromatic N) is 3. The number of nitrogens with two attached hydrogens (primary N) is 1. The molecule has 0 fully saturated rings. The van der Waals surface area contributed by atoms with Crippen molar-refractivity contribution in [2.45, 2.75) is 32.9 Å². The zero-order valence-corrected chi connectivity index (χ0v) is 11.3. The van der Waals surface area contributed by atoms with Crippen LogP contribution < -0.4 is 5.73 Å². The van der Waals surface area contributed by atoms with E-state index in [9.17, 15) is 4.39 Å². The summed E-state index contributed by atoms with van der Waals surface area (Å²) in [6.45, 7) is 3.95. The molecule has 2 atom stereocenters. The van der Waals surface area contributed by atoms with E-state index in [4.69, 9.17) is 5.73 Å². The molecule has 102 valence electrons. The van der Waals surface area contributed by atoms with Gasteiger partial charge in [-0.1, -0.05) is 25.5 Å². The predicted octanol–water partition coefficient (Wildman–Crippen LogP) is 3.30. The van der Waals surface area contributed by atoms with Gasteiger partial charge >= 0.3 is 0 Å². The van der Waals surface area contributed by atoms with Crippen molar-refractivity contribution in [3.05, 3.63) is 36.2 Å². The molecule has 1 aromatic heterocycles. The van der Waals surface area contributed by atoms with E-state index in [1.54, 1.807) is 23.0 Å². The van der Waals surface area contributed by atoms with E-state index in [1.165, 1.54) is 0 Å². The summed E-state index contributed by atoms with van der Waals surface area (Å²) in [7, 11) is 0. The molecule has 5 heteroatoms. The number of nitrogen functional groups attached to an aromatic ring is 1. The first-order valence-electron chi connectivity index (χ1n) is 6.54. The summed E-state index contributed by atoms with van der Waals surface area (Å²) in [5.74, 6) is -0.0402. The molecule has 1 aromatic carbocycles. The van der Waals surface area contributed by atoms with Gasteiger partial charge in [0.25, 0.3) is 0 Å². The molecule has 19 heavy (non-hydrogen) atoms. The fourth-order valence-corrected chi connectivity index (χ4v) is 2.05. The Morgan fingerprint density at radius 3 is 2.63 bits per heavy atom. The third-order valence-corrected chi connectivity index (χ3v) is 3.19. The van der Waals surface area contributed by atoms with Gasteiger partial charge in [-0.15, -0.1) is 5.10 Å². The van der Waals surface area contributed by atoms with Crippen LogP contribution in [-0.4, -0.2) is 15.0 Å². The summed E-state index contributed by atoms with van der Waals surface area (Å²) in [6, 6.07) is 7.22. The quantitative estimate of drug-likeness (QED) is 0.841. The Kier molecular flexibility index (Phi) is 4.14. The zero-order chi connectivity index (χ0) is 13.8. The smallest absolute Gasteiger partial charge is 0.148 e. The van der Waals surface area contributed by atoms with Crippen molar-refractivity contribution in [1.82, 2.24) is 15.0 Å². The summed E-state index contributed by atoms with van der Waals surface area (Å²) in [5.41, 5.74) is 7.52. The van der Waals surface area contributed by atoms with Crippen LogP contribution in [0.1, 0.15) is 38.6 Å². The van der Waals surface area contributed by atoms with Crippen LogP contribution in [0.2, 0.25) is 0 Å². The highest BCUT2D eigenvalue weighted by Crippen LogP contribution is 2.27. The van der Waals surface area contributed by atoms with Crippen molar-refractivity contribution in [3.63, 3.8) is 0 Å². The third-order valence-electron chi connectivity index (χ3n) is 3.19. The SMILES string of the molecule is CCCC(C)C(F)c1cn(-c2ccc(N)cc2)nn1. The van der Waals surface area contributed by atoms with Gasteiger partial charge in [0, 0.05) is 5.69 Å². The number of aromatic nitrogens is 3. The number of hydrogen-bond acceptors (Lipinski definition) is 3. The summed E-state index contributed by atoms with van der Waals surface area (Å²) >= 11 is 0. The molecule has 0 aliphatic rings. The summed E-state index contributed by atoms with van der Waals surface area (Å²) < 4.78 is 15.7. The van der Waals surface area contributed by atoms with E-state index in [2.05, 4.69) is 17.2 Å². The van der Waals surface area contributed by atoms with Crippen LogP contribution in [0.3, 0.4) is 0 Å². The normalized spacial score (nSPS) is 14.3. The summed E-state index contributed by atoms with van der Waals surface area (Å²) in [5, 5.41) is 7.89. The molecule has 0 saturated heterocycles. The van der Waals surface area contributed by atoms with Crippen LogP contribution in [0.4, 0.5) is 10.1 Å². The minimum atomic E-state index is -1.07. The molecule has 2 rings (SSSR count). The Morgan fingerprint density at radius 2 is 2.00 bits per heavy atom. The largest absolute Gasteiger partial charge is 0.399 e. The number of hydrogen-bond donors (Lipinski definition) is 1. The van der Waals surface area contributed by atoms with Gasteiger partial charge in [0.15, 0.2) is 0 Å². The van der Waals surface area contributed by atoms with Crippen molar-refractivity contribution < 1.29 is 4.39 Å². The van der Waals surface area contributed by atoms with Crippen LogP contribution in [0, 0.1) is 5.92 Å². The Bertz CT molecular complexity index is 520. The van der Waals surface area contributed by atoms with Crippen LogP contribution in [0.15, 0.2) is 30.5 Å². The van der Waals surface area contributed by atoms with Gasteiger partial charge in [-0.3, -0.25) is 0 Å². The van der Waals surface area contributed by atoms with Crippen molar-refractivity contribution in [1.29, 1.82) is 0 Å². The molecule has 0 radical (unpaired) electrons. The average molecular weight is 262 g/mol. The number of anilines is 1. The summed E-state index contributed by atoms with van der Waals surface area (Å²) in [6.07, 6.45) is 2.38. The molecule has 0 saturated carbocycles. The van der Waals surface area contributed by atoms with Crippen molar-refractivity contribution >= 4 is 5.69 Å². The molecule has 2 aromatic rings. The maximum atomic E-state index is 14.2. The minimum absolute atomic E-state index is 0.0402. The molecule has 2 N–H and O–H groups in total. The molecule has 0 amide bonds. The number of benzene rings is 1. The minimum Gasteiger partial charge on any atom is -0.399 e. The van der Waals surface area contributed by atoms with Gasteiger partial charge < -0.3 is 5.73 Å². The Hall–Kier alpha value is -1.91. The number of halogens is 1. The van der Waals surface area contributed by atoms with E-state index < -0.39 is 6.17 Å². The molecule has 2 unspecified atom stereocenters. The predicted molar refractivity (Wildman–Crippen MR) is 73.7 cm³/mol. The second kappa shape index (κ2) is 5.82. The van der Waals surface area contributed by atoms with Crippen LogP contribution in [0.25, 0.3) is 5.69 Å². The van der Waals surface area contributed by atoms with Crippen molar-refractivity contribution in [3.8, 4) is 5.69 Å². The van der Waals surface area contributed by atoms with Gasteiger partial charge in [-0.05, 0) is 36.6 Å². The highest BCUT2D eigenvalue weighted by molar-refractivity contribution is 5.44. The third kappa shape index (κ3) is 3.10. The Labute approximate surface area is 112 Å². The van der Waals surface area contributed by atoms with Gasteiger partial charge in [-0.25, -0.2) is 9.07 Å². The van der Waals surface area contributed by atoms with E-state index in [1.807, 2.05) is 19.1 Å². The van der Waals surface area contributed by atoms with Gasteiger partial charge in [0.1, 0.15) is 11.9 Å². The Balaban J connectivity index is 2.16. The number of alkyl halides is 1. The monoisotopic (exact) mass is 262 g/mol. The second-order valence-electron chi connectivity index (χ2n) is 4.85. The molecule has 4 nitrogen and oxygen atoms in total. The zero-order valence-electron chi connectivity index (χ0n) is 11.3. The number of rotatable bonds is 5. The van der Waals surface area contributed by atoms with E-state index in [-0.39, 0.29) is 5.92 Å². The van der Waals surface area contributed by atoms with Gasteiger partial charge in [-0.2, -0.15) is 0 Å².